The van der Waals surface area contributed by atoms with Gasteiger partial charge in [-0.2, -0.15) is 0 Å². The van der Waals surface area contributed by atoms with Gasteiger partial charge in [-0.05, 0) is 49.4 Å². The monoisotopic (exact) mass is 515 g/mol. The molecule has 0 saturated heterocycles. The first-order valence-electron chi connectivity index (χ1n) is 11.6. The first-order chi connectivity index (χ1) is 18.0. The second-order valence-electron chi connectivity index (χ2n) is 8.02. The Hall–Kier alpha value is -4.37. The Morgan fingerprint density at radius 3 is 2.35 bits per heavy atom. The van der Waals surface area contributed by atoms with E-state index in [9.17, 15) is 4.79 Å². The number of pyridine rings is 1. The van der Waals surface area contributed by atoms with E-state index in [4.69, 9.17) is 23.9 Å². The molecule has 3 aromatic carbocycles. The highest BCUT2D eigenvalue weighted by Gasteiger charge is 2.19. The summed E-state index contributed by atoms with van der Waals surface area (Å²) in [4.78, 5) is 22.9. The molecule has 0 spiro atoms. The van der Waals surface area contributed by atoms with E-state index in [1.54, 1.807) is 27.4 Å². The molecule has 0 fully saturated rings. The Balaban J connectivity index is 1.56. The van der Waals surface area contributed by atoms with Gasteiger partial charge in [0.05, 0.1) is 54.9 Å². The van der Waals surface area contributed by atoms with Gasteiger partial charge in [-0.25, -0.2) is 9.97 Å². The quantitative estimate of drug-likeness (QED) is 0.263. The van der Waals surface area contributed by atoms with Gasteiger partial charge in [0.1, 0.15) is 5.75 Å². The lowest BCUT2D eigenvalue weighted by atomic mass is 10.0. The number of thiazole rings is 1. The van der Waals surface area contributed by atoms with Crippen LogP contribution >= 0.6 is 11.3 Å². The number of rotatable bonds is 8. The van der Waals surface area contributed by atoms with Crippen LogP contribution in [0.15, 0.2) is 60.7 Å². The molecule has 0 aliphatic carbocycles. The van der Waals surface area contributed by atoms with Gasteiger partial charge >= 0.3 is 0 Å². The summed E-state index contributed by atoms with van der Waals surface area (Å²) in [7, 11) is 4.67. The molecule has 37 heavy (non-hydrogen) atoms. The van der Waals surface area contributed by atoms with E-state index in [0.29, 0.717) is 45.8 Å². The van der Waals surface area contributed by atoms with E-state index in [1.807, 2.05) is 61.5 Å². The number of carbonyl (C=O) groups excluding carboxylic acids is 1. The van der Waals surface area contributed by atoms with Crippen molar-refractivity contribution in [3.8, 4) is 34.3 Å². The maximum absolute atomic E-state index is 13.5. The van der Waals surface area contributed by atoms with Crippen LogP contribution in [0.2, 0.25) is 0 Å². The van der Waals surface area contributed by atoms with E-state index in [1.165, 1.54) is 11.3 Å². The van der Waals surface area contributed by atoms with Crippen LogP contribution in [0.25, 0.3) is 32.4 Å². The Morgan fingerprint density at radius 2 is 1.65 bits per heavy atom. The molecule has 5 rings (SSSR count). The molecule has 9 heteroatoms. The number of anilines is 1. The van der Waals surface area contributed by atoms with Gasteiger partial charge in [0, 0.05) is 10.9 Å². The van der Waals surface area contributed by atoms with Gasteiger partial charge in [-0.3, -0.25) is 10.1 Å². The van der Waals surface area contributed by atoms with Crippen molar-refractivity contribution in [1.29, 1.82) is 0 Å². The zero-order chi connectivity index (χ0) is 25.9. The molecule has 0 unspecified atom stereocenters. The summed E-state index contributed by atoms with van der Waals surface area (Å²) in [5.74, 6) is 1.97. The number of carbonyl (C=O) groups is 1. The van der Waals surface area contributed by atoms with Crippen LogP contribution in [0, 0.1) is 0 Å². The molecule has 1 amide bonds. The fraction of sp³-hybridized carbons (Fsp3) is 0.179. The Morgan fingerprint density at radius 1 is 0.892 bits per heavy atom. The lowest BCUT2D eigenvalue weighted by Crippen LogP contribution is -2.13. The predicted octanol–water partition coefficient (Wildman–Crippen LogP) is 6.19. The number of amides is 1. The lowest BCUT2D eigenvalue weighted by Gasteiger charge is -2.15. The van der Waals surface area contributed by atoms with Gasteiger partial charge < -0.3 is 18.9 Å². The summed E-state index contributed by atoms with van der Waals surface area (Å²) in [6.45, 7) is 2.52. The van der Waals surface area contributed by atoms with Gasteiger partial charge in [-0.15, -0.1) is 0 Å². The van der Waals surface area contributed by atoms with Crippen molar-refractivity contribution in [2.45, 2.75) is 6.92 Å². The summed E-state index contributed by atoms with van der Waals surface area (Å²) >= 11 is 1.39. The molecule has 0 bridgehead atoms. The first kappa shape index (κ1) is 24.3. The number of benzene rings is 3. The number of ether oxygens (including phenoxy) is 4. The molecule has 2 heterocycles. The molecule has 0 aliphatic heterocycles. The van der Waals surface area contributed by atoms with Crippen LogP contribution in [0.1, 0.15) is 17.3 Å². The van der Waals surface area contributed by atoms with Crippen molar-refractivity contribution in [1.82, 2.24) is 9.97 Å². The zero-order valence-electron chi connectivity index (χ0n) is 20.8. The number of aromatic nitrogens is 2. The predicted molar refractivity (Wildman–Crippen MR) is 146 cm³/mol. The van der Waals surface area contributed by atoms with Crippen LogP contribution in [0.5, 0.6) is 23.0 Å². The first-order valence-corrected chi connectivity index (χ1v) is 12.4. The highest BCUT2D eigenvalue weighted by Crippen LogP contribution is 2.41. The second-order valence-corrected chi connectivity index (χ2v) is 9.05. The number of methoxy groups -OCH3 is 3. The third kappa shape index (κ3) is 4.73. The number of nitrogens with one attached hydrogen (secondary N) is 1. The molecule has 188 valence electrons. The van der Waals surface area contributed by atoms with E-state index in [0.717, 1.165) is 26.9 Å². The third-order valence-electron chi connectivity index (χ3n) is 5.81. The normalized spacial score (nSPS) is 10.9. The van der Waals surface area contributed by atoms with Gasteiger partial charge in [0.2, 0.25) is 5.75 Å². The molecule has 1 N–H and O–H groups in total. The lowest BCUT2D eigenvalue weighted by molar-refractivity contribution is 0.102. The maximum atomic E-state index is 13.5. The number of fused-ring (bicyclic) bond motifs is 2. The third-order valence-corrected chi connectivity index (χ3v) is 6.75. The molecule has 2 aromatic heterocycles. The topological polar surface area (TPSA) is 91.8 Å². The van der Waals surface area contributed by atoms with Crippen molar-refractivity contribution >= 4 is 43.5 Å². The van der Waals surface area contributed by atoms with Gasteiger partial charge in [0.15, 0.2) is 16.6 Å². The molecular formula is C28H25N3O5S. The number of nitrogens with zero attached hydrogens (tertiary/aromatic N) is 2. The molecule has 0 radical (unpaired) electrons. The van der Waals surface area contributed by atoms with Crippen LogP contribution in [-0.4, -0.2) is 43.8 Å². The molecular weight excluding hydrogens is 490 g/mol. The van der Waals surface area contributed by atoms with Crippen LogP contribution < -0.4 is 24.3 Å². The summed E-state index contributed by atoms with van der Waals surface area (Å²) in [5, 5.41) is 4.20. The van der Waals surface area contributed by atoms with Crippen LogP contribution in [0.4, 0.5) is 5.13 Å². The van der Waals surface area contributed by atoms with Crippen molar-refractivity contribution in [3.63, 3.8) is 0 Å². The van der Waals surface area contributed by atoms with E-state index < -0.39 is 0 Å². The fourth-order valence-corrected chi connectivity index (χ4v) is 5.01. The van der Waals surface area contributed by atoms with Crippen molar-refractivity contribution in [2.24, 2.45) is 0 Å². The van der Waals surface area contributed by atoms with E-state index >= 15 is 0 Å². The van der Waals surface area contributed by atoms with Crippen molar-refractivity contribution in [2.75, 3.05) is 33.3 Å². The minimum absolute atomic E-state index is 0.281. The standard InChI is InChI=1S/C28H25N3O5S/c1-5-36-17-10-11-21-25(14-17)37-28(30-21)31-27(32)19-15-22(29-20-9-7-6-8-18(19)20)16-12-23(33-2)26(35-4)24(13-16)34-3/h6-15H,5H2,1-4H3,(H,30,31,32). The highest BCUT2D eigenvalue weighted by molar-refractivity contribution is 7.22. The van der Waals surface area contributed by atoms with Crippen molar-refractivity contribution in [3.05, 3.63) is 66.2 Å². The zero-order valence-corrected chi connectivity index (χ0v) is 21.6. The minimum Gasteiger partial charge on any atom is -0.494 e. The molecule has 0 saturated carbocycles. The second kappa shape index (κ2) is 10.3. The minimum atomic E-state index is -0.281. The Kier molecular flexibility index (Phi) is 6.78. The summed E-state index contributed by atoms with van der Waals surface area (Å²) < 4.78 is 23.0. The van der Waals surface area contributed by atoms with Crippen LogP contribution in [0.3, 0.4) is 0 Å². The number of hydrogen-bond acceptors (Lipinski definition) is 8. The number of hydrogen-bond donors (Lipinski definition) is 1. The summed E-state index contributed by atoms with van der Waals surface area (Å²) in [5.41, 5.74) is 3.26. The maximum Gasteiger partial charge on any atom is 0.258 e. The average molecular weight is 516 g/mol. The summed E-state index contributed by atoms with van der Waals surface area (Å²) in [6, 6.07) is 18.6. The van der Waals surface area contributed by atoms with Crippen molar-refractivity contribution < 1.29 is 23.7 Å². The highest BCUT2D eigenvalue weighted by atomic mass is 32.1. The number of para-hydroxylation sites is 1. The molecule has 0 atom stereocenters. The van der Waals surface area contributed by atoms with Gasteiger partial charge in [0.25, 0.3) is 5.91 Å². The fourth-order valence-electron chi connectivity index (χ4n) is 4.12. The Labute approximate surface area is 217 Å². The Bertz CT molecular complexity index is 1590. The van der Waals surface area contributed by atoms with E-state index in [-0.39, 0.29) is 5.91 Å². The SMILES string of the molecule is CCOc1ccc2nc(NC(=O)c3cc(-c4cc(OC)c(OC)c(OC)c4)nc4ccccc34)sc2c1. The molecule has 0 aliphatic rings. The molecule has 5 aromatic rings. The van der Waals surface area contributed by atoms with Crippen LogP contribution in [-0.2, 0) is 0 Å². The van der Waals surface area contributed by atoms with E-state index in [2.05, 4.69) is 10.3 Å². The molecule has 8 nitrogen and oxygen atoms in total. The summed E-state index contributed by atoms with van der Waals surface area (Å²) in [6.07, 6.45) is 0. The average Bonchev–Trinajstić information content (AvgIpc) is 3.33. The smallest absolute Gasteiger partial charge is 0.258 e. The van der Waals surface area contributed by atoms with Gasteiger partial charge in [-0.1, -0.05) is 29.5 Å². The largest absolute Gasteiger partial charge is 0.494 e.